The van der Waals surface area contributed by atoms with Gasteiger partial charge < -0.3 is 20.7 Å². The van der Waals surface area contributed by atoms with Crippen LogP contribution < -0.4 is 20.7 Å². The van der Waals surface area contributed by atoms with E-state index in [1.807, 2.05) is 19.3 Å². The molecule has 1 aliphatic carbocycles. The van der Waals surface area contributed by atoms with Gasteiger partial charge in [-0.25, -0.2) is 15.0 Å². The third kappa shape index (κ3) is 4.83. The molecule has 208 valence electrons. The van der Waals surface area contributed by atoms with Gasteiger partial charge in [0, 0.05) is 24.5 Å². The van der Waals surface area contributed by atoms with Crippen LogP contribution in [0.3, 0.4) is 0 Å². The molecule has 40 heavy (non-hydrogen) atoms. The first-order valence-corrected chi connectivity index (χ1v) is 13.4. The summed E-state index contributed by atoms with van der Waals surface area (Å²) >= 11 is 6.79. The molecule has 1 fully saturated rings. The summed E-state index contributed by atoms with van der Waals surface area (Å²) in [6.45, 7) is 5.00. The molecule has 1 aromatic carbocycles. The fourth-order valence-electron chi connectivity index (χ4n) is 5.20. The minimum absolute atomic E-state index is 0.00556. The van der Waals surface area contributed by atoms with Gasteiger partial charge in [0.25, 0.3) is 0 Å². The van der Waals surface area contributed by atoms with Crippen LogP contribution in [0.4, 0.5) is 30.5 Å². The number of nitrogens with two attached hydrogens (primary N) is 1. The molecule has 1 atom stereocenters. The molecule has 4 heterocycles. The Kier molecular flexibility index (Phi) is 6.56. The normalized spacial score (nSPS) is 16.0. The fraction of sp³-hybridized carbons (Fsp3) is 0.357. The zero-order valence-corrected chi connectivity index (χ0v) is 22.6. The molecule has 3 N–H and O–H groups in total. The number of alkyl halides is 3. The summed E-state index contributed by atoms with van der Waals surface area (Å²) in [7, 11) is 0. The molecule has 0 spiro atoms. The molecule has 0 amide bonds. The number of ether oxygens (including phenoxy) is 1. The third-order valence-electron chi connectivity index (χ3n) is 7.43. The van der Waals surface area contributed by atoms with Gasteiger partial charge in [-0.1, -0.05) is 11.6 Å². The minimum Gasteiger partial charge on any atom is -0.489 e. The van der Waals surface area contributed by atoms with E-state index < -0.39 is 11.7 Å². The van der Waals surface area contributed by atoms with E-state index in [2.05, 4.69) is 36.2 Å². The smallest absolute Gasteiger partial charge is 0.418 e. The molecule has 12 heteroatoms. The highest BCUT2D eigenvalue weighted by Crippen LogP contribution is 2.48. The summed E-state index contributed by atoms with van der Waals surface area (Å²) in [6.07, 6.45) is 2.85. The zero-order chi connectivity index (χ0) is 28.2. The molecule has 1 saturated carbocycles. The van der Waals surface area contributed by atoms with Crippen molar-refractivity contribution in [2.75, 3.05) is 35.6 Å². The first kappa shape index (κ1) is 26.4. The van der Waals surface area contributed by atoms with Gasteiger partial charge in [-0.05, 0) is 61.9 Å². The second kappa shape index (κ2) is 9.96. The highest BCUT2D eigenvalue weighted by Gasteiger charge is 2.38. The fourth-order valence-corrected chi connectivity index (χ4v) is 5.49. The molecular formula is C28H27ClF3N7O. The molecule has 0 saturated heterocycles. The molecule has 0 bridgehead atoms. The van der Waals surface area contributed by atoms with E-state index >= 15 is 0 Å². The Balaban J connectivity index is 1.45. The van der Waals surface area contributed by atoms with Crippen molar-refractivity contribution < 1.29 is 17.9 Å². The average molecular weight is 570 g/mol. The number of aromatic nitrogens is 4. The molecule has 0 unspecified atom stereocenters. The second-order valence-electron chi connectivity index (χ2n) is 10.3. The first-order chi connectivity index (χ1) is 19.1. The van der Waals surface area contributed by atoms with Crippen LogP contribution in [0.15, 0.2) is 36.9 Å². The Morgan fingerprint density at radius 2 is 2.00 bits per heavy atom. The lowest BCUT2D eigenvalue weighted by Gasteiger charge is -2.29. The van der Waals surface area contributed by atoms with Crippen LogP contribution >= 0.6 is 11.6 Å². The second-order valence-corrected chi connectivity index (χ2v) is 10.7. The van der Waals surface area contributed by atoms with Crippen LogP contribution in [0, 0.1) is 12.8 Å². The van der Waals surface area contributed by atoms with E-state index in [0.29, 0.717) is 23.3 Å². The number of rotatable bonds is 6. The van der Waals surface area contributed by atoms with Crippen LogP contribution in [0.1, 0.15) is 42.5 Å². The van der Waals surface area contributed by atoms with Crippen LogP contribution in [-0.4, -0.2) is 39.6 Å². The number of aryl methyl sites for hydroxylation is 1. The van der Waals surface area contributed by atoms with Crippen molar-refractivity contribution in [2.24, 2.45) is 5.92 Å². The van der Waals surface area contributed by atoms with Gasteiger partial charge in [-0.3, -0.25) is 4.98 Å². The van der Waals surface area contributed by atoms with Gasteiger partial charge in [0.15, 0.2) is 5.75 Å². The van der Waals surface area contributed by atoms with E-state index in [4.69, 9.17) is 22.1 Å². The highest BCUT2D eigenvalue weighted by molar-refractivity contribution is 6.36. The quantitative estimate of drug-likeness (QED) is 0.274. The molecular weight excluding hydrogens is 543 g/mol. The Hall–Kier alpha value is -3.86. The topological polar surface area (TPSA) is 102 Å². The van der Waals surface area contributed by atoms with E-state index in [-0.39, 0.29) is 46.1 Å². The molecule has 0 radical (unpaired) electrons. The third-order valence-corrected chi connectivity index (χ3v) is 7.80. The summed E-state index contributed by atoms with van der Waals surface area (Å²) in [5, 5.41) is 3.97. The van der Waals surface area contributed by atoms with E-state index in [1.54, 1.807) is 0 Å². The molecule has 8 nitrogen and oxygen atoms in total. The predicted molar refractivity (Wildman–Crippen MR) is 149 cm³/mol. The van der Waals surface area contributed by atoms with Crippen LogP contribution in [0.25, 0.3) is 22.2 Å². The SMILES string of the molecule is Cc1cc(N)nc(-c2cc3ncnc4c3c(c2Cl)OCCN4[C@H](C)c2cncc(NCC3CC3)c2)c1C(F)(F)F. The molecule has 2 aliphatic rings. The summed E-state index contributed by atoms with van der Waals surface area (Å²) < 4.78 is 48.4. The van der Waals surface area contributed by atoms with Crippen LogP contribution in [-0.2, 0) is 6.18 Å². The number of benzene rings is 1. The van der Waals surface area contributed by atoms with E-state index in [9.17, 15) is 13.2 Å². The van der Waals surface area contributed by atoms with Crippen molar-refractivity contribution in [3.05, 3.63) is 58.6 Å². The molecule has 1 aliphatic heterocycles. The van der Waals surface area contributed by atoms with Crippen molar-refractivity contribution in [3.63, 3.8) is 0 Å². The largest absolute Gasteiger partial charge is 0.489 e. The molecule has 6 rings (SSSR count). The Bertz CT molecular complexity index is 1610. The van der Waals surface area contributed by atoms with Crippen LogP contribution in [0.2, 0.25) is 5.02 Å². The standard InChI is InChI=1S/C28H27ClF3N7O/c1-14-7-21(33)38-25(23(14)28(30,31)32)19-9-20-22-26(24(19)29)40-6-5-39(27(22)37-13-36-20)15(2)17-8-18(12-34-11-17)35-10-16-3-4-16/h7-9,11-13,15-16,35H,3-6,10H2,1-2H3,(H2,33,38)/t15-/m1/s1. The number of nitrogen functional groups attached to an aromatic ring is 1. The van der Waals surface area contributed by atoms with Crippen LogP contribution in [0.5, 0.6) is 5.75 Å². The maximum Gasteiger partial charge on any atom is 0.418 e. The van der Waals surface area contributed by atoms with Crippen molar-refractivity contribution in [1.29, 1.82) is 0 Å². The zero-order valence-electron chi connectivity index (χ0n) is 21.9. The summed E-state index contributed by atoms with van der Waals surface area (Å²) in [4.78, 5) is 19.5. The lowest BCUT2D eigenvalue weighted by atomic mass is 9.99. The lowest BCUT2D eigenvalue weighted by molar-refractivity contribution is -0.137. The minimum atomic E-state index is -4.67. The molecule has 3 aromatic heterocycles. The Labute approximate surface area is 233 Å². The van der Waals surface area contributed by atoms with E-state index in [0.717, 1.165) is 23.7 Å². The Morgan fingerprint density at radius 3 is 2.75 bits per heavy atom. The van der Waals surface area contributed by atoms with Gasteiger partial charge in [-0.15, -0.1) is 0 Å². The maximum absolute atomic E-state index is 14.1. The maximum atomic E-state index is 14.1. The van der Waals surface area contributed by atoms with Gasteiger partial charge in [0.2, 0.25) is 0 Å². The lowest BCUT2D eigenvalue weighted by Crippen LogP contribution is -2.31. The first-order valence-electron chi connectivity index (χ1n) is 13.0. The highest BCUT2D eigenvalue weighted by atomic mass is 35.5. The van der Waals surface area contributed by atoms with E-state index in [1.165, 1.54) is 38.2 Å². The number of halogens is 4. The number of hydrogen-bond donors (Lipinski definition) is 2. The van der Waals surface area contributed by atoms with Crippen molar-refractivity contribution in [1.82, 2.24) is 19.9 Å². The monoisotopic (exact) mass is 569 g/mol. The predicted octanol–water partition coefficient (Wildman–Crippen LogP) is 6.43. The molecule has 4 aromatic rings. The van der Waals surface area contributed by atoms with Crippen molar-refractivity contribution in [2.45, 2.75) is 38.9 Å². The Morgan fingerprint density at radius 1 is 1.20 bits per heavy atom. The number of nitrogens with zero attached hydrogens (tertiary/aromatic N) is 5. The summed E-state index contributed by atoms with van der Waals surface area (Å²) in [6, 6.07) is 4.62. The number of pyridine rings is 2. The van der Waals surface area contributed by atoms with Gasteiger partial charge >= 0.3 is 6.18 Å². The van der Waals surface area contributed by atoms with Gasteiger partial charge in [0.1, 0.15) is 24.6 Å². The van der Waals surface area contributed by atoms with Gasteiger partial charge in [0.05, 0.1) is 45.5 Å². The van der Waals surface area contributed by atoms with Crippen molar-refractivity contribution in [3.8, 4) is 17.0 Å². The van der Waals surface area contributed by atoms with Crippen molar-refractivity contribution >= 4 is 39.8 Å². The number of anilines is 3. The number of hydrogen-bond acceptors (Lipinski definition) is 8. The van der Waals surface area contributed by atoms with Gasteiger partial charge in [-0.2, -0.15) is 13.2 Å². The average Bonchev–Trinajstić information content (AvgIpc) is 3.75. The summed E-state index contributed by atoms with van der Waals surface area (Å²) in [5.74, 6) is 1.47. The number of nitrogens with one attached hydrogen (secondary N) is 1. The summed E-state index contributed by atoms with van der Waals surface area (Å²) in [5.41, 5.74) is 6.89.